The van der Waals surface area contributed by atoms with Crippen LogP contribution in [-0.2, 0) is 4.74 Å². The van der Waals surface area contributed by atoms with Crippen LogP contribution in [0.15, 0.2) is 34.6 Å². The molecule has 0 radical (unpaired) electrons. The average molecular weight is 248 g/mol. The van der Waals surface area contributed by atoms with E-state index in [2.05, 4.69) is 27.6 Å². The molecule has 1 fully saturated rings. The first-order valence-electron chi connectivity index (χ1n) is 6.35. The maximum absolute atomic E-state index is 5.29. The van der Waals surface area contributed by atoms with Crippen molar-refractivity contribution < 1.29 is 4.74 Å². The Balaban J connectivity index is 1.63. The highest BCUT2D eigenvalue weighted by atomic mass is 16.5. The van der Waals surface area contributed by atoms with Gasteiger partial charge in [0.25, 0.3) is 0 Å². The third-order valence-corrected chi connectivity index (χ3v) is 2.91. The molecule has 0 amide bonds. The molecule has 0 unspecified atom stereocenters. The zero-order chi connectivity index (χ0) is 12.6. The number of hydrogen-bond donors (Lipinski definition) is 1. The van der Waals surface area contributed by atoms with Crippen molar-refractivity contribution in [3.8, 4) is 0 Å². The Morgan fingerprint density at radius 1 is 1.22 bits per heavy atom. The maximum atomic E-state index is 5.29. The van der Waals surface area contributed by atoms with E-state index in [-0.39, 0.29) is 0 Å². The molecule has 0 aliphatic carbocycles. The number of ether oxygens (including phenoxy) is 1. The first kappa shape index (κ1) is 13.0. The number of benzene rings is 1. The highest BCUT2D eigenvalue weighted by molar-refractivity contribution is 5.37. The molecule has 18 heavy (non-hydrogen) atoms. The van der Waals surface area contributed by atoms with Gasteiger partial charge in [-0.1, -0.05) is 22.9 Å². The molecule has 1 aromatic rings. The van der Waals surface area contributed by atoms with Crippen molar-refractivity contribution in [1.82, 2.24) is 10.3 Å². The summed E-state index contributed by atoms with van der Waals surface area (Å²) >= 11 is 0. The fourth-order valence-electron chi connectivity index (χ4n) is 1.79. The van der Waals surface area contributed by atoms with Gasteiger partial charge in [0.2, 0.25) is 0 Å². The second-order valence-electron chi connectivity index (χ2n) is 4.40. The number of aryl methyl sites for hydroxylation is 1. The van der Waals surface area contributed by atoms with E-state index in [1.54, 1.807) is 0 Å². The number of rotatable bonds is 5. The topological polar surface area (TPSA) is 49.2 Å². The molecule has 0 bridgehead atoms. The summed E-state index contributed by atoms with van der Waals surface area (Å²) in [6.45, 7) is 7.55. The van der Waals surface area contributed by atoms with Crippen molar-refractivity contribution in [3.63, 3.8) is 0 Å². The SMILES string of the molecule is Cc1ccc(/N=N\NCCN2CCOCC2)cc1. The summed E-state index contributed by atoms with van der Waals surface area (Å²) in [6, 6.07) is 7.98. The monoisotopic (exact) mass is 248 g/mol. The molecule has 1 aromatic carbocycles. The third kappa shape index (κ3) is 4.43. The van der Waals surface area contributed by atoms with Gasteiger partial charge in [-0.15, -0.1) is 5.11 Å². The van der Waals surface area contributed by atoms with Crippen LogP contribution in [0, 0.1) is 6.92 Å². The van der Waals surface area contributed by atoms with Gasteiger partial charge in [0.1, 0.15) is 0 Å². The molecule has 5 nitrogen and oxygen atoms in total. The second-order valence-corrected chi connectivity index (χ2v) is 4.40. The van der Waals surface area contributed by atoms with Gasteiger partial charge in [0, 0.05) is 26.2 Å². The lowest BCUT2D eigenvalue weighted by Gasteiger charge is -2.26. The summed E-state index contributed by atoms with van der Waals surface area (Å²) in [7, 11) is 0. The van der Waals surface area contributed by atoms with Crippen LogP contribution in [0.2, 0.25) is 0 Å². The quantitative estimate of drug-likeness (QED) is 0.492. The largest absolute Gasteiger partial charge is 0.379 e. The Morgan fingerprint density at radius 2 is 1.94 bits per heavy atom. The lowest BCUT2D eigenvalue weighted by atomic mass is 10.2. The van der Waals surface area contributed by atoms with Gasteiger partial charge in [-0.2, -0.15) is 0 Å². The predicted octanol–water partition coefficient (Wildman–Crippen LogP) is 1.92. The molecule has 1 heterocycles. The molecule has 1 aliphatic rings. The van der Waals surface area contributed by atoms with Crippen LogP contribution in [0.5, 0.6) is 0 Å². The molecule has 0 saturated carbocycles. The lowest BCUT2D eigenvalue weighted by Crippen LogP contribution is -2.39. The Labute approximate surface area is 108 Å². The molecular weight excluding hydrogens is 228 g/mol. The van der Waals surface area contributed by atoms with Crippen molar-refractivity contribution in [2.75, 3.05) is 39.4 Å². The third-order valence-electron chi connectivity index (χ3n) is 2.91. The minimum absolute atomic E-state index is 0.815. The van der Waals surface area contributed by atoms with Crippen molar-refractivity contribution >= 4 is 5.69 Å². The van der Waals surface area contributed by atoms with Gasteiger partial charge in [-0.05, 0) is 19.1 Å². The average Bonchev–Trinajstić information content (AvgIpc) is 2.42. The normalized spacial score (nSPS) is 17.2. The fourth-order valence-corrected chi connectivity index (χ4v) is 1.79. The van der Waals surface area contributed by atoms with Crippen LogP contribution in [0.25, 0.3) is 0 Å². The van der Waals surface area contributed by atoms with Crippen molar-refractivity contribution in [2.45, 2.75) is 6.92 Å². The molecule has 98 valence electrons. The molecule has 5 heteroatoms. The van der Waals surface area contributed by atoms with Gasteiger partial charge in [0.15, 0.2) is 0 Å². The molecule has 0 aromatic heterocycles. The van der Waals surface area contributed by atoms with Crippen LogP contribution >= 0.6 is 0 Å². The van der Waals surface area contributed by atoms with Gasteiger partial charge >= 0.3 is 0 Å². The van der Waals surface area contributed by atoms with E-state index in [0.29, 0.717) is 0 Å². The molecule has 0 spiro atoms. The van der Waals surface area contributed by atoms with Crippen LogP contribution in [-0.4, -0.2) is 44.3 Å². The summed E-state index contributed by atoms with van der Waals surface area (Å²) in [5, 5.41) is 8.07. The maximum Gasteiger partial charge on any atom is 0.0874 e. The van der Waals surface area contributed by atoms with Crippen LogP contribution in [0.1, 0.15) is 5.56 Å². The Bertz CT molecular complexity index is 371. The van der Waals surface area contributed by atoms with E-state index in [0.717, 1.165) is 45.1 Å². The highest BCUT2D eigenvalue weighted by Crippen LogP contribution is 2.11. The number of hydrogen-bond acceptors (Lipinski definition) is 4. The molecule has 1 saturated heterocycles. The molecule has 1 N–H and O–H groups in total. The van der Waals surface area contributed by atoms with Crippen molar-refractivity contribution in [3.05, 3.63) is 29.8 Å². The molecule has 2 rings (SSSR count). The first-order chi connectivity index (χ1) is 8.84. The van der Waals surface area contributed by atoms with Crippen molar-refractivity contribution in [2.24, 2.45) is 10.3 Å². The lowest BCUT2D eigenvalue weighted by molar-refractivity contribution is 0.0384. The van der Waals surface area contributed by atoms with Gasteiger partial charge in [0.05, 0.1) is 18.9 Å². The molecular formula is C13H20N4O. The van der Waals surface area contributed by atoms with Gasteiger partial charge in [-0.25, -0.2) is 0 Å². The second kappa shape index (κ2) is 7.08. The summed E-state index contributed by atoms with van der Waals surface area (Å²) in [4.78, 5) is 2.36. The summed E-state index contributed by atoms with van der Waals surface area (Å²) in [5.41, 5.74) is 5.08. The fraction of sp³-hybridized carbons (Fsp3) is 0.538. The minimum Gasteiger partial charge on any atom is -0.379 e. The van der Waals surface area contributed by atoms with E-state index >= 15 is 0 Å². The molecule has 1 aliphatic heterocycles. The summed E-state index contributed by atoms with van der Waals surface area (Å²) in [5.74, 6) is 0. The standard InChI is InChI=1S/C13H20N4O/c1-12-2-4-13(5-3-12)15-16-14-6-7-17-8-10-18-11-9-17/h2-5H,6-11H2,1H3,(H,14,15). The first-order valence-corrected chi connectivity index (χ1v) is 6.35. The van der Waals surface area contributed by atoms with Crippen LogP contribution < -0.4 is 5.43 Å². The number of morpholine rings is 1. The zero-order valence-corrected chi connectivity index (χ0v) is 10.8. The summed E-state index contributed by atoms with van der Waals surface area (Å²) in [6.07, 6.45) is 0. The van der Waals surface area contributed by atoms with Gasteiger partial charge in [-0.3, -0.25) is 10.3 Å². The zero-order valence-electron chi connectivity index (χ0n) is 10.8. The summed E-state index contributed by atoms with van der Waals surface area (Å²) < 4.78 is 5.29. The Hall–Kier alpha value is -1.46. The van der Waals surface area contributed by atoms with E-state index < -0.39 is 0 Å². The smallest absolute Gasteiger partial charge is 0.0874 e. The van der Waals surface area contributed by atoms with Crippen molar-refractivity contribution in [1.29, 1.82) is 0 Å². The highest BCUT2D eigenvalue weighted by Gasteiger charge is 2.08. The van der Waals surface area contributed by atoms with E-state index in [4.69, 9.17) is 4.74 Å². The predicted molar refractivity (Wildman–Crippen MR) is 71.0 cm³/mol. The minimum atomic E-state index is 0.815. The van der Waals surface area contributed by atoms with Gasteiger partial charge < -0.3 is 4.74 Å². The molecule has 0 atom stereocenters. The van der Waals surface area contributed by atoms with E-state index in [9.17, 15) is 0 Å². The Kier molecular flexibility index (Phi) is 5.11. The van der Waals surface area contributed by atoms with Crippen LogP contribution in [0.3, 0.4) is 0 Å². The van der Waals surface area contributed by atoms with E-state index in [1.165, 1.54) is 5.56 Å². The van der Waals surface area contributed by atoms with E-state index in [1.807, 2.05) is 24.3 Å². The number of nitrogens with one attached hydrogen (secondary N) is 1. The number of nitrogens with zero attached hydrogens (tertiary/aromatic N) is 3. The van der Waals surface area contributed by atoms with Crippen LogP contribution in [0.4, 0.5) is 5.69 Å². The Morgan fingerprint density at radius 3 is 2.67 bits per heavy atom.